The highest BCUT2D eigenvalue weighted by molar-refractivity contribution is 5.81. The minimum absolute atomic E-state index is 0.0963. The average Bonchev–Trinajstić information content (AvgIpc) is 2.77. The first-order chi connectivity index (χ1) is 9.25. The van der Waals surface area contributed by atoms with Crippen molar-refractivity contribution in [2.45, 2.75) is 52.0 Å². The van der Waals surface area contributed by atoms with E-state index in [1.54, 1.807) is 0 Å². The molecule has 2 atom stereocenters. The Morgan fingerprint density at radius 1 is 1.45 bits per heavy atom. The van der Waals surface area contributed by atoms with Crippen LogP contribution < -0.4 is 5.32 Å². The lowest BCUT2D eigenvalue weighted by molar-refractivity contribution is -0.150. The first kappa shape index (κ1) is 17.4. The Balaban J connectivity index is 2.60. The number of nitrogens with zero attached hydrogens (tertiary/aromatic N) is 1. The molecule has 2 unspecified atom stereocenters. The molecule has 0 radical (unpaired) electrons. The second kappa shape index (κ2) is 6.90. The number of hydrogen-bond acceptors (Lipinski definition) is 4. The van der Waals surface area contributed by atoms with E-state index in [4.69, 9.17) is 4.74 Å². The van der Waals surface area contributed by atoms with Crippen LogP contribution in [0.15, 0.2) is 0 Å². The Labute approximate surface area is 124 Å². The zero-order chi connectivity index (χ0) is 15.4. The molecule has 1 N–H and O–H groups in total. The molecule has 0 bridgehead atoms. The van der Waals surface area contributed by atoms with Gasteiger partial charge in [-0.05, 0) is 51.2 Å². The van der Waals surface area contributed by atoms with E-state index in [9.17, 15) is 4.79 Å². The van der Waals surface area contributed by atoms with E-state index in [1.807, 2.05) is 7.05 Å². The third-order valence-electron chi connectivity index (χ3n) is 4.42. The van der Waals surface area contributed by atoms with E-state index in [1.165, 1.54) is 7.11 Å². The molecule has 0 aromatic carbocycles. The molecule has 0 spiro atoms. The Bertz CT molecular complexity index is 325. The predicted octanol–water partition coefficient (Wildman–Crippen LogP) is 2.29. The maximum Gasteiger partial charge on any atom is 0.326 e. The van der Waals surface area contributed by atoms with Crippen molar-refractivity contribution >= 4 is 5.97 Å². The second-order valence-electron chi connectivity index (χ2n) is 7.39. The molecule has 4 heteroatoms. The fraction of sp³-hybridized carbons (Fsp3) is 0.938. The van der Waals surface area contributed by atoms with Gasteiger partial charge >= 0.3 is 5.97 Å². The van der Waals surface area contributed by atoms with Crippen molar-refractivity contribution in [2.24, 2.45) is 11.3 Å². The zero-order valence-electron chi connectivity index (χ0n) is 14.1. The Kier molecular flexibility index (Phi) is 6.02. The van der Waals surface area contributed by atoms with Crippen molar-refractivity contribution in [1.29, 1.82) is 0 Å². The second-order valence-corrected chi connectivity index (χ2v) is 7.39. The first-order valence-electron chi connectivity index (χ1n) is 7.71. The highest BCUT2D eigenvalue weighted by Gasteiger charge is 2.48. The van der Waals surface area contributed by atoms with Gasteiger partial charge in [0.2, 0.25) is 0 Å². The predicted molar refractivity (Wildman–Crippen MR) is 82.7 cm³/mol. The van der Waals surface area contributed by atoms with Crippen LogP contribution in [-0.4, -0.2) is 50.7 Å². The number of rotatable bonds is 6. The monoisotopic (exact) mass is 284 g/mol. The summed E-state index contributed by atoms with van der Waals surface area (Å²) >= 11 is 0. The molecule has 0 amide bonds. The molecule has 1 saturated carbocycles. The minimum atomic E-state index is -0.461. The molecular weight excluding hydrogens is 252 g/mol. The summed E-state index contributed by atoms with van der Waals surface area (Å²) in [5.74, 6) is 0.281. The molecule has 0 aromatic heterocycles. The van der Waals surface area contributed by atoms with Crippen LogP contribution in [0.2, 0.25) is 0 Å². The van der Waals surface area contributed by atoms with Crippen LogP contribution in [0.3, 0.4) is 0 Å². The number of carbonyl (C=O) groups is 1. The number of carbonyl (C=O) groups excluding carboxylic acids is 1. The van der Waals surface area contributed by atoms with Crippen LogP contribution in [-0.2, 0) is 9.53 Å². The van der Waals surface area contributed by atoms with Crippen LogP contribution in [0.5, 0.6) is 0 Å². The molecule has 0 aliphatic heterocycles. The van der Waals surface area contributed by atoms with Gasteiger partial charge < -0.3 is 15.0 Å². The van der Waals surface area contributed by atoms with Crippen molar-refractivity contribution in [3.8, 4) is 0 Å². The molecule has 118 valence electrons. The number of nitrogens with one attached hydrogen (secondary N) is 1. The fourth-order valence-corrected chi connectivity index (χ4v) is 3.62. The summed E-state index contributed by atoms with van der Waals surface area (Å²) in [5, 5.41) is 3.26. The molecule has 1 aliphatic rings. The van der Waals surface area contributed by atoms with Gasteiger partial charge in [-0.15, -0.1) is 0 Å². The lowest BCUT2D eigenvalue weighted by Crippen LogP contribution is -2.54. The molecule has 20 heavy (non-hydrogen) atoms. The summed E-state index contributed by atoms with van der Waals surface area (Å²) in [5.41, 5.74) is -0.149. The van der Waals surface area contributed by atoms with E-state index in [-0.39, 0.29) is 5.97 Å². The number of hydrogen-bond donors (Lipinski definition) is 1. The molecule has 0 saturated heterocycles. The largest absolute Gasteiger partial charge is 0.468 e. The standard InChI is InChI=1S/C16H32N2O2/c1-15(2,3)12-18(5)11-9-13-8-7-10-16(13,17-4)14(19)20-6/h13,17H,7-12H2,1-6H3. The number of ether oxygens (including phenoxy) is 1. The van der Waals surface area contributed by atoms with Crippen molar-refractivity contribution < 1.29 is 9.53 Å². The molecule has 1 fully saturated rings. The third kappa shape index (κ3) is 4.19. The van der Waals surface area contributed by atoms with Gasteiger partial charge in [-0.1, -0.05) is 27.2 Å². The molecule has 1 rings (SSSR count). The third-order valence-corrected chi connectivity index (χ3v) is 4.42. The van der Waals surface area contributed by atoms with Crippen molar-refractivity contribution in [3.63, 3.8) is 0 Å². The van der Waals surface area contributed by atoms with E-state index < -0.39 is 5.54 Å². The van der Waals surface area contributed by atoms with Crippen molar-refractivity contribution in [1.82, 2.24) is 10.2 Å². The van der Waals surface area contributed by atoms with Crippen LogP contribution in [0.25, 0.3) is 0 Å². The SMILES string of the molecule is CNC1(C(=O)OC)CCCC1CCN(C)CC(C)(C)C. The Morgan fingerprint density at radius 3 is 2.60 bits per heavy atom. The summed E-state index contributed by atoms with van der Waals surface area (Å²) in [6, 6.07) is 0. The minimum Gasteiger partial charge on any atom is -0.468 e. The maximum absolute atomic E-state index is 12.2. The van der Waals surface area contributed by atoms with E-state index in [2.05, 4.69) is 38.0 Å². The maximum atomic E-state index is 12.2. The van der Waals surface area contributed by atoms with Gasteiger partial charge in [-0.3, -0.25) is 4.79 Å². The fourth-order valence-electron chi connectivity index (χ4n) is 3.62. The lowest BCUT2D eigenvalue weighted by Gasteiger charge is -2.34. The van der Waals surface area contributed by atoms with Crippen molar-refractivity contribution in [2.75, 3.05) is 34.3 Å². The molecule has 4 nitrogen and oxygen atoms in total. The summed E-state index contributed by atoms with van der Waals surface area (Å²) < 4.78 is 5.03. The van der Waals surface area contributed by atoms with Crippen LogP contribution in [0, 0.1) is 11.3 Å². The molecule has 0 heterocycles. The number of esters is 1. The topological polar surface area (TPSA) is 41.6 Å². The van der Waals surface area contributed by atoms with Gasteiger partial charge in [-0.25, -0.2) is 0 Å². The summed E-state index contributed by atoms with van der Waals surface area (Å²) in [4.78, 5) is 14.5. The van der Waals surface area contributed by atoms with Crippen LogP contribution in [0.4, 0.5) is 0 Å². The lowest BCUT2D eigenvalue weighted by atomic mass is 9.84. The van der Waals surface area contributed by atoms with Gasteiger partial charge in [0.1, 0.15) is 5.54 Å². The highest BCUT2D eigenvalue weighted by atomic mass is 16.5. The van der Waals surface area contributed by atoms with E-state index in [0.717, 1.165) is 38.8 Å². The number of likely N-dealkylation sites (N-methyl/N-ethyl adjacent to an activating group) is 1. The van der Waals surface area contributed by atoms with E-state index >= 15 is 0 Å². The highest BCUT2D eigenvalue weighted by Crippen LogP contribution is 2.38. The van der Waals surface area contributed by atoms with Gasteiger partial charge in [-0.2, -0.15) is 0 Å². The van der Waals surface area contributed by atoms with Gasteiger partial charge in [0, 0.05) is 6.54 Å². The normalized spacial score (nSPS) is 27.1. The summed E-state index contributed by atoms with van der Waals surface area (Å²) in [7, 11) is 5.54. The Hall–Kier alpha value is -0.610. The van der Waals surface area contributed by atoms with Gasteiger partial charge in [0.15, 0.2) is 0 Å². The number of methoxy groups -OCH3 is 1. The van der Waals surface area contributed by atoms with Crippen molar-refractivity contribution in [3.05, 3.63) is 0 Å². The van der Waals surface area contributed by atoms with Gasteiger partial charge in [0.25, 0.3) is 0 Å². The molecular formula is C16H32N2O2. The smallest absolute Gasteiger partial charge is 0.326 e. The summed E-state index contributed by atoms with van der Waals surface area (Å²) in [6.07, 6.45) is 4.15. The van der Waals surface area contributed by atoms with Crippen LogP contribution >= 0.6 is 0 Å². The van der Waals surface area contributed by atoms with E-state index in [0.29, 0.717) is 11.3 Å². The summed E-state index contributed by atoms with van der Waals surface area (Å²) in [6.45, 7) is 8.87. The van der Waals surface area contributed by atoms with Crippen LogP contribution in [0.1, 0.15) is 46.5 Å². The zero-order valence-corrected chi connectivity index (χ0v) is 14.1. The Morgan fingerprint density at radius 2 is 2.10 bits per heavy atom. The first-order valence-corrected chi connectivity index (χ1v) is 7.71. The molecule has 1 aliphatic carbocycles. The molecule has 0 aromatic rings. The van der Waals surface area contributed by atoms with Gasteiger partial charge in [0.05, 0.1) is 7.11 Å². The average molecular weight is 284 g/mol. The quantitative estimate of drug-likeness (QED) is 0.760.